The van der Waals surface area contributed by atoms with Gasteiger partial charge in [0.25, 0.3) is 0 Å². The number of hydrogen-bond donors (Lipinski definition) is 0. The van der Waals surface area contributed by atoms with Gasteiger partial charge in [-0.05, 0) is 145 Å². The van der Waals surface area contributed by atoms with Gasteiger partial charge in [-0.15, -0.1) is 11.3 Å². The summed E-state index contributed by atoms with van der Waals surface area (Å²) in [4.78, 5) is 2.35. The number of fused-ring (bicyclic) bond motifs is 7. The fourth-order valence-electron chi connectivity index (χ4n) is 8.72. The molecular formula is C53H35NS. The highest BCUT2D eigenvalue weighted by atomic mass is 32.1. The van der Waals surface area contributed by atoms with Crippen molar-refractivity contribution >= 4 is 91.7 Å². The number of rotatable bonds is 5. The van der Waals surface area contributed by atoms with E-state index in [0.29, 0.717) is 0 Å². The minimum atomic E-state index is 1.13. The molecule has 0 saturated carbocycles. The van der Waals surface area contributed by atoms with Crippen LogP contribution in [0, 0.1) is 6.92 Å². The van der Waals surface area contributed by atoms with E-state index in [9.17, 15) is 0 Å². The smallest absolute Gasteiger partial charge is 0.0490 e. The third-order valence-corrected chi connectivity index (χ3v) is 12.4. The molecule has 0 amide bonds. The predicted octanol–water partition coefficient (Wildman–Crippen LogP) is 15.8. The van der Waals surface area contributed by atoms with E-state index in [2.05, 4.69) is 206 Å². The summed E-state index contributed by atoms with van der Waals surface area (Å²) in [5.74, 6) is 0. The highest BCUT2D eigenvalue weighted by molar-refractivity contribution is 7.25. The third-order valence-electron chi connectivity index (χ3n) is 11.3. The van der Waals surface area contributed by atoms with Gasteiger partial charge in [-0.3, -0.25) is 0 Å². The van der Waals surface area contributed by atoms with Crippen molar-refractivity contribution < 1.29 is 0 Å². The van der Waals surface area contributed by atoms with Gasteiger partial charge >= 0.3 is 0 Å². The van der Waals surface area contributed by atoms with Crippen molar-refractivity contribution in [3.05, 3.63) is 200 Å². The molecule has 0 saturated heterocycles. The number of para-hydroxylation sites is 2. The first-order chi connectivity index (χ1) is 27.2. The second kappa shape index (κ2) is 12.7. The maximum atomic E-state index is 2.44. The van der Waals surface area contributed by atoms with Gasteiger partial charge in [-0.25, -0.2) is 0 Å². The molecule has 0 aliphatic rings. The summed E-state index contributed by atoms with van der Waals surface area (Å²) < 4.78 is 2.65. The zero-order valence-electron chi connectivity index (χ0n) is 30.3. The van der Waals surface area contributed by atoms with Gasteiger partial charge in [-0.1, -0.05) is 127 Å². The lowest BCUT2D eigenvalue weighted by Crippen LogP contribution is -2.11. The lowest BCUT2D eigenvalue weighted by Gasteiger charge is -2.27. The molecule has 0 aliphatic heterocycles. The molecule has 11 aromatic rings. The van der Waals surface area contributed by atoms with Crippen molar-refractivity contribution in [1.82, 2.24) is 0 Å². The molecule has 10 aromatic carbocycles. The Morgan fingerprint density at radius 1 is 0.345 bits per heavy atom. The van der Waals surface area contributed by atoms with Gasteiger partial charge in [0.05, 0.1) is 0 Å². The molecule has 0 spiro atoms. The monoisotopic (exact) mass is 717 g/mol. The zero-order chi connectivity index (χ0) is 36.5. The normalized spacial score (nSPS) is 11.7. The van der Waals surface area contributed by atoms with Crippen molar-refractivity contribution in [2.24, 2.45) is 0 Å². The molecule has 1 heterocycles. The second-order valence-electron chi connectivity index (χ2n) is 14.6. The van der Waals surface area contributed by atoms with Gasteiger partial charge in [0.15, 0.2) is 0 Å². The van der Waals surface area contributed by atoms with Crippen LogP contribution in [0.2, 0.25) is 0 Å². The van der Waals surface area contributed by atoms with E-state index in [4.69, 9.17) is 0 Å². The van der Waals surface area contributed by atoms with Gasteiger partial charge in [0, 0.05) is 37.2 Å². The first-order valence-corrected chi connectivity index (χ1v) is 19.7. The third kappa shape index (κ3) is 5.21. The highest BCUT2D eigenvalue weighted by Crippen LogP contribution is 2.46. The minimum absolute atomic E-state index is 1.13. The van der Waals surface area contributed by atoms with Crippen LogP contribution in [0.25, 0.3) is 85.5 Å². The Labute approximate surface area is 324 Å². The molecule has 2 heteroatoms. The predicted molar refractivity (Wildman–Crippen MR) is 240 cm³/mol. The Morgan fingerprint density at radius 3 is 1.51 bits per heavy atom. The van der Waals surface area contributed by atoms with Gasteiger partial charge in [-0.2, -0.15) is 0 Å². The number of anilines is 3. The quantitative estimate of drug-likeness (QED) is 0.160. The standard InChI is InChI=1S/C53H35NS/c1-34-13-5-12-22-49(34)54(41-16-3-2-4-17-41)42-26-23-35(24-27-42)52-43-18-8-10-20-45(43)53(46-21-11-9-19-44(46)52)38-25-28-50-47(31-38)48-32-39-29-36-14-6-7-15-37(36)30-40(39)33-51(48)55-50/h2-33H,1H3. The lowest BCUT2D eigenvalue weighted by molar-refractivity contribution is 1.25. The van der Waals surface area contributed by atoms with Gasteiger partial charge in [0.2, 0.25) is 0 Å². The van der Waals surface area contributed by atoms with E-state index in [0.717, 1.165) is 11.4 Å². The first-order valence-electron chi connectivity index (χ1n) is 18.9. The minimum Gasteiger partial charge on any atom is -0.310 e. The molecule has 0 N–H and O–H groups in total. The summed E-state index contributed by atoms with van der Waals surface area (Å²) in [6.07, 6.45) is 0. The van der Waals surface area contributed by atoms with Crippen LogP contribution < -0.4 is 4.90 Å². The highest BCUT2D eigenvalue weighted by Gasteiger charge is 2.19. The van der Waals surface area contributed by atoms with Crippen molar-refractivity contribution in [2.75, 3.05) is 4.90 Å². The number of nitrogens with zero attached hydrogens (tertiary/aromatic N) is 1. The Morgan fingerprint density at radius 2 is 0.855 bits per heavy atom. The fraction of sp³-hybridized carbons (Fsp3) is 0.0189. The topological polar surface area (TPSA) is 3.24 Å². The van der Waals surface area contributed by atoms with E-state index in [1.807, 2.05) is 11.3 Å². The van der Waals surface area contributed by atoms with Gasteiger partial charge < -0.3 is 4.90 Å². The summed E-state index contributed by atoms with van der Waals surface area (Å²) >= 11 is 1.89. The maximum absolute atomic E-state index is 2.44. The van der Waals surface area contributed by atoms with E-state index in [1.54, 1.807) is 0 Å². The molecule has 55 heavy (non-hydrogen) atoms. The average molecular weight is 718 g/mol. The second-order valence-corrected chi connectivity index (χ2v) is 15.6. The van der Waals surface area contributed by atoms with Crippen LogP contribution in [-0.2, 0) is 0 Å². The van der Waals surface area contributed by atoms with Crippen LogP contribution >= 0.6 is 11.3 Å². The molecular weight excluding hydrogens is 683 g/mol. The molecule has 258 valence electrons. The Kier molecular flexibility index (Phi) is 7.33. The van der Waals surface area contributed by atoms with Gasteiger partial charge in [0.1, 0.15) is 0 Å². The largest absolute Gasteiger partial charge is 0.310 e. The van der Waals surface area contributed by atoms with Crippen molar-refractivity contribution in [3.63, 3.8) is 0 Å². The Balaban J connectivity index is 1.08. The summed E-state index contributed by atoms with van der Waals surface area (Å²) in [5.41, 5.74) is 9.70. The summed E-state index contributed by atoms with van der Waals surface area (Å²) in [7, 11) is 0. The van der Waals surface area contributed by atoms with Crippen LogP contribution in [0.15, 0.2) is 194 Å². The summed E-state index contributed by atoms with van der Waals surface area (Å²) in [6, 6.07) is 71.6. The zero-order valence-corrected chi connectivity index (χ0v) is 31.1. The fourth-order valence-corrected chi connectivity index (χ4v) is 9.83. The number of benzene rings is 10. The van der Waals surface area contributed by atoms with E-state index < -0.39 is 0 Å². The molecule has 1 aromatic heterocycles. The molecule has 11 rings (SSSR count). The first kappa shape index (κ1) is 31.8. The van der Waals surface area contributed by atoms with Crippen LogP contribution in [0.3, 0.4) is 0 Å². The molecule has 0 radical (unpaired) electrons. The van der Waals surface area contributed by atoms with Crippen molar-refractivity contribution in [1.29, 1.82) is 0 Å². The molecule has 0 unspecified atom stereocenters. The van der Waals surface area contributed by atoms with Crippen LogP contribution in [-0.4, -0.2) is 0 Å². The number of thiophene rings is 1. The summed E-state index contributed by atoms with van der Waals surface area (Å²) in [5, 5.41) is 12.8. The van der Waals surface area contributed by atoms with Crippen molar-refractivity contribution in [2.45, 2.75) is 6.92 Å². The molecule has 0 fully saturated rings. The van der Waals surface area contributed by atoms with Crippen LogP contribution in [0.1, 0.15) is 5.56 Å². The maximum Gasteiger partial charge on any atom is 0.0490 e. The number of aryl methyl sites for hydroxylation is 1. The average Bonchev–Trinajstić information content (AvgIpc) is 3.59. The molecule has 0 aliphatic carbocycles. The van der Waals surface area contributed by atoms with E-state index in [1.165, 1.54) is 96.8 Å². The molecule has 0 atom stereocenters. The summed E-state index contributed by atoms with van der Waals surface area (Å²) in [6.45, 7) is 2.18. The van der Waals surface area contributed by atoms with E-state index in [-0.39, 0.29) is 0 Å². The molecule has 1 nitrogen and oxygen atoms in total. The lowest BCUT2D eigenvalue weighted by atomic mass is 9.85. The SMILES string of the molecule is Cc1ccccc1N(c1ccccc1)c1ccc(-c2c3ccccc3c(-c3ccc4sc5cc6cc7ccccc7cc6cc5c4c3)c3ccccc23)cc1. The number of hydrogen-bond acceptors (Lipinski definition) is 2. The Bertz CT molecular complexity index is 3210. The van der Waals surface area contributed by atoms with E-state index >= 15 is 0 Å². The Hall–Kier alpha value is -6.74. The van der Waals surface area contributed by atoms with Crippen molar-refractivity contribution in [3.8, 4) is 22.3 Å². The van der Waals surface area contributed by atoms with Crippen LogP contribution in [0.4, 0.5) is 17.1 Å². The van der Waals surface area contributed by atoms with Crippen LogP contribution in [0.5, 0.6) is 0 Å². The molecule has 0 bridgehead atoms.